The van der Waals surface area contributed by atoms with E-state index in [4.69, 9.17) is 27.9 Å². The van der Waals surface area contributed by atoms with Crippen molar-refractivity contribution in [2.75, 3.05) is 11.9 Å². The van der Waals surface area contributed by atoms with Gasteiger partial charge in [0, 0.05) is 10.7 Å². The third-order valence-electron chi connectivity index (χ3n) is 2.57. The van der Waals surface area contributed by atoms with Crippen molar-refractivity contribution in [2.24, 2.45) is 0 Å². The highest BCUT2D eigenvalue weighted by atomic mass is 79.9. The van der Waals surface area contributed by atoms with E-state index in [0.717, 1.165) is 0 Å². The quantitative estimate of drug-likeness (QED) is 0.585. The van der Waals surface area contributed by atoms with Crippen molar-refractivity contribution < 1.29 is 9.53 Å². The highest BCUT2D eigenvalue weighted by molar-refractivity contribution is 9.10. The minimum atomic E-state index is -0.402. The lowest BCUT2D eigenvalue weighted by molar-refractivity contribution is 0.0526. The number of benzene rings is 1. The Balaban J connectivity index is 2.17. The zero-order valence-corrected chi connectivity index (χ0v) is 14.1. The van der Waals surface area contributed by atoms with Crippen molar-refractivity contribution in [3.05, 3.63) is 50.5 Å². The summed E-state index contributed by atoms with van der Waals surface area (Å²) in [4.78, 5) is 15.7. The summed E-state index contributed by atoms with van der Waals surface area (Å²) in [6, 6.07) is 6.85. The molecule has 0 saturated heterocycles. The Bertz CT molecular complexity index is 663. The van der Waals surface area contributed by atoms with Crippen LogP contribution < -0.4 is 5.32 Å². The molecule has 2 aromatic rings. The maximum atomic E-state index is 11.5. The molecular weight excluding hydrogens is 379 g/mol. The molecular formula is C14H11BrCl2N2O2. The number of carbonyl (C=O) groups is 1. The zero-order valence-electron chi connectivity index (χ0n) is 11.0. The molecule has 0 bridgehead atoms. The first-order chi connectivity index (χ1) is 10.0. The van der Waals surface area contributed by atoms with Gasteiger partial charge < -0.3 is 10.1 Å². The predicted molar refractivity (Wildman–Crippen MR) is 87.6 cm³/mol. The number of nitrogens with zero attached hydrogens (tertiary/aromatic N) is 1. The van der Waals surface area contributed by atoms with Gasteiger partial charge in [-0.3, -0.25) is 0 Å². The van der Waals surface area contributed by atoms with Gasteiger partial charge in [0.1, 0.15) is 5.82 Å². The van der Waals surface area contributed by atoms with E-state index >= 15 is 0 Å². The summed E-state index contributed by atoms with van der Waals surface area (Å²) in [7, 11) is 0. The van der Waals surface area contributed by atoms with Gasteiger partial charge >= 0.3 is 5.97 Å². The normalized spacial score (nSPS) is 10.3. The van der Waals surface area contributed by atoms with Gasteiger partial charge in [0.05, 0.1) is 27.9 Å². The fourth-order valence-electron chi connectivity index (χ4n) is 1.56. The molecule has 0 aliphatic heterocycles. The van der Waals surface area contributed by atoms with E-state index in [-0.39, 0.29) is 0 Å². The molecule has 0 amide bonds. The number of esters is 1. The molecule has 0 aliphatic rings. The van der Waals surface area contributed by atoms with E-state index < -0.39 is 5.97 Å². The Kier molecular flexibility index (Phi) is 5.45. The van der Waals surface area contributed by atoms with Crippen LogP contribution in [-0.4, -0.2) is 17.6 Å². The van der Waals surface area contributed by atoms with E-state index in [1.54, 1.807) is 31.2 Å². The van der Waals surface area contributed by atoms with Crippen molar-refractivity contribution in [2.45, 2.75) is 6.92 Å². The second-order valence-electron chi connectivity index (χ2n) is 4.00. The summed E-state index contributed by atoms with van der Waals surface area (Å²) in [5.41, 5.74) is 1.02. The molecule has 4 nitrogen and oxygen atoms in total. The number of hydrogen-bond acceptors (Lipinski definition) is 4. The van der Waals surface area contributed by atoms with Crippen LogP contribution >= 0.6 is 39.1 Å². The van der Waals surface area contributed by atoms with Crippen LogP contribution in [0.25, 0.3) is 0 Å². The van der Waals surface area contributed by atoms with Gasteiger partial charge in [-0.25, -0.2) is 9.78 Å². The van der Waals surface area contributed by atoms with Crippen LogP contribution in [0.2, 0.25) is 10.0 Å². The summed E-state index contributed by atoms with van der Waals surface area (Å²) in [6.07, 6.45) is 1.44. The minimum Gasteiger partial charge on any atom is -0.462 e. The van der Waals surface area contributed by atoms with Gasteiger partial charge in [-0.1, -0.05) is 23.2 Å². The lowest BCUT2D eigenvalue weighted by Gasteiger charge is -2.10. The molecule has 1 N–H and O–H groups in total. The van der Waals surface area contributed by atoms with E-state index in [9.17, 15) is 4.79 Å². The number of rotatable bonds is 4. The van der Waals surface area contributed by atoms with Crippen LogP contribution in [0, 0.1) is 0 Å². The van der Waals surface area contributed by atoms with Crippen LogP contribution in [0.3, 0.4) is 0 Å². The molecule has 0 aliphatic carbocycles. The average Bonchev–Trinajstić information content (AvgIpc) is 2.49. The fraction of sp³-hybridized carbons (Fsp3) is 0.143. The summed E-state index contributed by atoms with van der Waals surface area (Å²) < 4.78 is 5.60. The minimum absolute atomic E-state index is 0.325. The van der Waals surface area contributed by atoms with Crippen molar-refractivity contribution in [3.63, 3.8) is 0 Å². The Morgan fingerprint density at radius 1 is 1.29 bits per heavy atom. The molecule has 0 saturated carbocycles. The first-order valence-corrected chi connectivity index (χ1v) is 7.61. The van der Waals surface area contributed by atoms with Gasteiger partial charge in [0.15, 0.2) is 0 Å². The van der Waals surface area contributed by atoms with Crippen LogP contribution in [0.4, 0.5) is 11.5 Å². The van der Waals surface area contributed by atoms with Gasteiger partial charge in [-0.2, -0.15) is 0 Å². The van der Waals surface area contributed by atoms with Crippen LogP contribution in [0.1, 0.15) is 17.3 Å². The largest absolute Gasteiger partial charge is 0.462 e. The molecule has 110 valence electrons. The van der Waals surface area contributed by atoms with Crippen LogP contribution in [0.15, 0.2) is 34.9 Å². The summed E-state index contributed by atoms with van der Waals surface area (Å²) >= 11 is 15.5. The fourth-order valence-corrected chi connectivity index (χ4v) is 2.38. The monoisotopic (exact) mass is 388 g/mol. The zero-order chi connectivity index (χ0) is 15.4. The Morgan fingerprint density at radius 3 is 2.67 bits per heavy atom. The number of pyridine rings is 1. The number of anilines is 2. The molecule has 1 aromatic heterocycles. The van der Waals surface area contributed by atoms with Crippen molar-refractivity contribution >= 4 is 56.6 Å². The van der Waals surface area contributed by atoms with E-state index in [0.29, 0.717) is 38.2 Å². The lowest BCUT2D eigenvalue weighted by Crippen LogP contribution is -2.05. The molecule has 1 heterocycles. The number of carbonyl (C=O) groups excluding carboxylic acids is 1. The first kappa shape index (κ1) is 16.1. The molecule has 1 aromatic carbocycles. The molecule has 2 rings (SSSR count). The molecule has 0 radical (unpaired) electrons. The van der Waals surface area contributed by atoms with Crippen LogP contribution in [-0.2, 0) is 4.74 Å². The molecule has 21 heavy (non-hydrogen) atoms. The number of ether oxygens (including phenoxy) is 1. The van der Waals surface area contributed by atoms with E-state index in [2.05, 4.69) is 26.2 Å². The maximum absolute atomic E-state index is 11.5. The smallest absolute Gasteiger partial charge is 0.339 e. The van der Waals surface area contributed by atoms with Crippen molar-refractivity contribution in [1.29, 1.82) is 0 Å². The summed E-state index contributed by atoms with van der Waals surface area (Å²) in [6.45, 7) is 2.08. The predicted octanol–water partition coefficient (Wildman–Crippen LogP) is 5.07. The number of halogens is 3. The number of hydrogen-bond donors (Lipinski definition) is 1. The Morgan fingerprint density at radius 2 is 2.05 bits per heavy atom. The summed E-state index contributed by atoms with van der Waals surface area (Å²) in [5, 5.41) is 3.85. The maximum Gasteiger partial charge on any atom is 0.339 e. The Labute approximate surface area is 140 Å². The summed E-state index contributed by atoms with van der Waals surface area (Å²) in [5.74, 6) is 0.143. The molecule has 0 unspecified atom stereocenters. The van der Waals surface area contributed by atoms with Crippen molar-refractivity contribution in [1.82, 2.24) is 4.98 Å². The number of aromatic nitrogens is 1. The topological polar surface area (TPSA) is 51.2 Å². The first-order valence-electron chi connectivity index (χ1n) is 6.06. The molecule has 0 spiro atoms. The molecule has 7 heteroatoms. The van der Waals surface area contributed by atoms with Crippen molar-refractivity contribution in [3.8, 4) is 0 Å². The third kappa shape index (κ3) is 3.87. The average molecular weight is 390 g/mol. The molecule has 0 fully saturated rings. The van der Waals surface area contributed by atoms with E-state index in [1.807, 2.05) is 0 Å². The lowest BCUT2D eigenvalue weighted by atomic mass is 10.2. The second kappa shape index (κ2) is 7.11. The van der Waals surface area contributed by atoms with Gasteiger partial charge in [0.2, 0.25) is 0 Å². The second-order valence-corrected chi connectivity index (χ2v) is 5.61. The number of nitrogens with one attached hydrogen (secondary N) is 1. The van der Waals surface area contributed by atoms with Crippen LogP contribution in [0.5, 0.6) is 0 Å². The highest BCUT2D eigenvalue weighted by Gasteiger charge is 2.10. The third-order valence-corrected chi connectivity index (χ3v) is 4.34. The highest BCUT2D eigenvalue weighted by Crippen LogP contribution is 2.36. The van der Waals surface area contributed by atoms with Gasteiger partial charge in [-0.05, 0) is 47.1 Å². The van der Waals surface area contributed by atoms with Gasteiger partial charge in [-0.15, -0.1) is 0 Å². The van der Waals surface area contributed by atoms with Gasteiger partial charge in [0.25, 0.3) is 0 Å². The Hall–Kier alpha value is -1.30. The standard InChI is InChI=1S/C14H11BrCl2N2O2/c1-2-21-14(20)8-3-6-11(18-7-8)19-10-5-4-9(15)12(16)13(10)17/h3-7H,2H2,1H3,(H,18,19). The van der Waals surface area contributed by atoms with E-state index in [1.165, 1.54) is 6.20 Å². The molecule has 0 atom stereocenters. The SMILES string of the molecule is CCOC(=O)c1ccc(Nc2ccc(Br)c(Cl)c2Cl)nc1.